The normalized spacial score (nSPS) is 15.1. The fourth-order valence-corrected chi connectivity index (χ4v) is 5.42. The number of sulfonamides is 1. The van der Waals surface area contributed by atoms with E-state index in [1.807, 2.05) is 56.3 Å². The summed E-state index contributed by atoms with van der Waals surface area (Å²) >= 11 is 0. The first-order valence-electron chi connectivity index (χ1n) is 12.3. The lowest BCUT2D eigenvalue weighted by Crippen LogP contribution is -2.52. The molecule has 1 N–H and O–H groups in total. The maximum atomic E-state index is 13.7. The highest BCUT2D eigenvalue weighted by atomic mass is 32.2. The van der Waals surface area contributed by atoms with Gasteiger partial charge in [0, 0.05) is 12.6 Å². The van der Waals surface area contributed by atoms with Crippen LogP contribution in [0.25, 0.3) is 0 Å². The number of hydrogen-bond acceptors (Lipinski definition) is 4. The van der Waals surface area contributed by atoms with E-state index in [-0.39, 0.29) is 31.0 Å². The molecular weight excluding hydrogens is 462 g/mol. The number of para-hydroxylation sites is 1. The zero-order valence-corrected chi connectivity index (χ0v) is 21.9. The van der Waals surface area contributed by atoms with E-state index in [2.05, 4.69) is 5.32 Å². The van der Waals surface area contributed by atoms with Crippen LogP contribution in [0.4, 0.5) is 5.69 Å². The third kappa shape index (κ3) is 7.07. The molecule has 35 heavy (non-hydrogen) atoms. The number of nitrogens with zero attached hydrogens (tertiary/aromatic N) is 2. The SMILES string of the molecule is CC(C)c1ccccc1N(CC(=O)N(Cc1ccccc1)[C@@H](C)C(=O)NC1CCCC1)S(C)(=O)=O. The highest BCUT2D eigenvalue weighted by Gasteiger charge is 2.32. The van der Waals surface area contributed by atoms with Gasteiger partial charge < -0.3 is 10.2 Å². The summed E-state index contributed by atoms with van der Waals surface area (Å²) in [6.45, 7) is 5.51. The summed E-state index contributed by atoms with van der Waals surface area (Å²) in [5, 5.41) is 3.07. The van der Waals surface area contributed by atoms with Crippen molar-refractivity contribution in [2.75, 3.05) is 17.1 Å². The molecule has 190 valence electrons. The Morgan fingerprint density at radius 3 is 2.17 bits per heavy atom. The quantitative estimate of drug-likeness (QED) is 0.534. The van der Waals surface area contributed by atoms with Crippen LogP contribution in [0.15, 0.2) is 54.6 Å². The zero-order chi connectivity index (χ0) is 25.6. The second-order valence-electron chi connectivity index (χ2n) is 9.66. The lowest BCUT2D eigenvalue weighted by molar-refractivity contribution is -0.139. The average Bonchev–Trinajstić information content (AvgIpc) is 3.33. The fraction of sp³-hybridized carbons (Fsp3) is 0.481. The van der Waals surface area contributed by atoms with Crippen molar-refractivity contribution in [3.8, 4) is 0 Å². The first-order valence-corrected chi connectivity index (χ1v) is 14.1. The van der Waals surface area contributed by atoms with Crippen LogP contribution in [-0.2, 0) is 26.2 Å². The van der Waals surface area contributed by atoms with Gasteiger partial charge in [0.25, 0.3) is 0 Å². The molecule has 0 bridgehead atoms. The van der Waals surface area contributed by atoms with Crippen LogP contribution in [0.3, 0.4) is 0 Å². The Kier molecular flexibility index (Phi) is 8.94. The van der Waals surface area contributed by atoms with Gasteiger partial charge in [-0.2, -0.15) is 0 Å². The minimum Gasteiger partial charge on any atom is -0.352 e. The van der Waals surface area contributed by atoms with Gasteiger partial charge >= 0.3 is 0 Å². The topological polar surface area (TPSA) is 86.8 Å². The summed E-state index contributed by atoms with van der Waals surface area (Å²) in [6, 6.07) is 16.0. The summed E-state index contributed by atoms with van der Waals surface area (Å²) in [7, 11) is -3.75. The van der Waals surface area contributed by atoms with Crippen molar-refractivity contribution < 1.29 is 18.0 Å². The Bertz CT molecular complexity index is 1110. The van der Waals surface area contributed by atoms with E-state index in [0.29, 0.717) is 5.69 Å². The van der Waals surface area contributed by atoms with Crippen molar-refractivity contribution in [1.29, 1.82) is 0 Å². The molecule has 1 atom stereocenters. The first-order chi connectivity index (χ1) is 16.6. The number of amides is 2. The van der Waals surface area contributed by atoms with Crippen LogP contribution < -0.4 is 9.62 Å². The number of benzene rings is 2. The van der Waals surface area contributed by atoms with E-state index >= 15 is 0 Å². The van der Waals surface area contributed by atoms with Gasteiger partial charge in [0.2, 0.25) is 21.8 Å². The minimum atomic E-state index is -3.75. The molecule has 0 unspecified atom stereocenters. The van der Waals surface area contributed by atoms with E-state index in [9.17, 15) is 18.0 Å². The molecule has 0 heterocycles. The molecule has 1 aliphatic carbocycles. The number of nitrogens with one attached hydrogen (secondary N) is 1. The van der Waals surface area contributed by atoms with Crippen LogP contribution in [-0.4, -0.2) is 50.0 Å². The van der Waals surface area contributed by atoms with E-state index in [1.54, 1.807) is 19.1 Å². The predicted molar refractivity (Wildman–Crippen MR) is 140 cm³/mol. The molecule has 0 spiro atoms. The molecule has 1 fully saturated rings. The van der Waals surface area contributed by atoms with Crippen LogP contribution in [0, 0.1) is 0 Å². The monoisotopic (exact) mass is 499 g/mol. The molecule has 0 radical (unpaired) electrons. The summed E-state index contributed by atoms with van der Waals surface area (Å²) in [4.78, 5) is 28.3. The van der Waals surface area contributed by atoms with Gasteiger partial charge in [-0.15, -0.1) is 0 Å². The molecule has 7 nitrogen and oxygen atoms in total. The summed E-state index contributed by atoms with van der Waals surface area (Å²) in [6.07, 6.45) is 5.17. The van der Waals surface area contributed by atoms with E-state index in [1.165, 1.54) is 4.90 Å². The standard InChI is InChI=1S/C27H37N3O4S/c1-20(2)24-16-10-11-17-25(24)30(35(4,33)34)19-26(31)29(18-22-12-6-5-7-13-22)21(3)27(32)28-23-14-8-9-15-23/h5-7,10-13,16-17,20-21,23H,8-9,14-15,18-19H2,1-4H3,(H,28,32)/t21-/m0/s1. The zero-order valence-electron chi connectivity index (χ0n) is 21.1. The second-order valence-corrected chi connectivity index (χ2v) is 11.6. The lowest BCUT2D eigenvalue weighted by Gasteiger charge is -2.32. The number of anilines is 1. The van der Waals surface area contributed by atoms with Crippen LogP contribution in [0.1, 0.15) is 63.5 Å². The maximum absolute atomic E-state index is 13.7. The Labute approximate surface area is 209 Å². The summed E-state index contributed by atoms with van der Waals surface area (Å²) in [5.41, 5.74) is 2.20. The molecule has 0 saturated heterocycles. The minimum absolute atomic E-state index is 0.0714. The van der Waals surface area contributed by atoms with Crippen molar-refractivity contribution in [1.82, 2.24) is 10.2 Å². The molecule has 2 amide bonds. The Morgan fingerprint density at radius 1 is 0.971 bits per heavy atom. The predicted octanol–water partition coefficient (Wildman–Crippen LogP) is 4.05. The van der Waals surface area contributed by atoms with Gasteiger partial charge in [-0.1, -0.05) is 75.2 Å². The third-order valence-electron chi connectivity index (χ3n) is 6.57. The van der Waals surface area contributed by atoms with E-state index in [0.717, 1.165) is 47.4 Å². The Balaban J connectivity index is 1.90. The Morgan fingerprint density at radius 2 is 1.57 bits per heavy atom. The third-order valence-corrected chi connectivity index (χ3v) is 7.70. The van der Waals surface area contributed by atoms with E-state index in [4.69, 9.17) is 0 Å². The average molecular weight is 500 g/mol. The van der Waals surface area contributed by atoms with Crippen LogP contribution in [0.2, 0.25) is 0 Å². The van der Waals surface area contributed by atoms with Gasteiger partial charge in [-0.3, -0.25) is 13.9 Å². The highest BCUT2D eigenvalue weighted by Crippen LogP contribution is 2.29. The van der Waals surface area contributed by atoms with Crippen molar-refractivity contribution in [2.24, 2.45) is 0 Å². The molecule has 0 aromatic heterocycles. The molecule has 3 rings (SSSR count). The second kappa shape index (κ2) is 11.7. The molecule has 1 saturated carbocycles. The number of hydrogen-bond donors (Lipinski definition) is 1. The number of rotatable bonds is 10. The molecule has 0 aliphatic heterocycles. The summed E-state index contributed by atoms with van der Waals surface area (Å²) < 4.78 is 26.8. The highest BCUT2D eigenvalue weighted by molar-refractivity contribution is 7.92. The van der Waals surface area contributed by atoms with E-state index < -0.39 is 22.0 Å². The molecular formula is C27H37N3O4S. The smallest absolute Gasteiger partial charge is 0.244 e. The number of carbonyl (C=O) groups is 2. The van der Waals surface area contributed by atoms with Gasteiger partial charge in [-0.05, 0) is 42.9 Å². The van der Waals surface area contributed by atoms with Crippen molar-refractivity contribution in [3.05, 3.63) is 65.7 Å². The summed E-state index contributed by atoms with van der Waals surface area (Å²) in [5.74, 6) is -0.566. The van der Waals surface area contributed by atoms with Gasteiger partial charge in [0.05, 0.1) is 11.9 Å². The fourth-order valence-electron chi connectivity index (χ4n) is 4.55. The van der Waals surface area contributed by atoms with Gasteiger partial charge in [0.15, 0.2) is 0 Å². The molecule has 1 aliphatic rings. The Hall–Kier alpha value is -2.87. The lowest BCUT2D eigenvalue weighted by atomic mass is 10.0. The molecule has 2 aromatic rings. The van der Waals surface area contributed by atoms with Gasteiger partial charge in [0.1, 0.15) is 12.6 Å². The van der Waals surface area contributed by atoms with Gasteiger partial charge in [-0.25, -0.2) is 8.42 Å². The van der Waals surface area contributed by atoms with Crippen molar-refractivity contribution in [2.45, 2.75) is 71.0 Å². The van der Waals surface area contributed by atoms with Crippen molar-refractivity contribution >= 4 is 27.5 Å². The number of carbonyl (C=O) groups excluding carboxylic acids is 2. The largest absolute Gasteiger partial charge is 0.352 e. The van der Waals surface area contributed by atoms with Crippen LogP contribution in [0.5, 0.6) is 0 Å². The van der Waals surface area contributed by atoms with Crippen LogP contribution >= 0.6 is 0 Å². The molecule has 8 heteroatoms. The van der Waals surface area contributed by atoms with Crippen molar-refractivity contribution in [3.63, 3.8) is 0 Å². The molecule has 2 aromatic carbocycles. The first kappa shape index (κ1) is 26.7. The maximum Gasteiger partial charge on any atom is 0.244 e.